The van der Waals surface area contributed by atoms with Crippen LogP contribution in [0.5, 0.6) is 11.5 Å². The van der Waals surface area contributed by atoms with Gasteiger partial charge in [0.05, 0.1) is 22.5 Å². The summed E-state index contributed by atoms with van der Waals surface area (Å²) in [7, 11) is 0. The Kier molecular flexibility index (Phi) is 15.3. The van der Waals surface area contributed by atoms with Gasteiger partial charge in [0.1, 0.15) is 30.2 Å². The molecule has 322 valence electrons. The maximum absolute atomic E-state index is 14.9. The van der Waals surface area contributed by atoms with Gasteiger partial charge < -0.3 is 28.7 Å². The summed E-state index contributed by atoms with van der Waals surface area (Å²) in [6.45, 7) is 12.5. The van der Waals surface area contributed by atoms with Crippen molar-refractivity contribution in [3.05, 3.63) is 91.9 Å². The summed E-state index contributed by atoms with van der Waals surface area (Å²) < 4.78 is 50.0. The molecule has 1 saturated carbocycles. The Labute approximate surface area is 360 Å². The first kappa shape index (κ1) is 46.1. The lowest BCUT2D eigenvalue weighted by Gasteiger charge is -2.40. The monoisotopic (exact) mass is 879 g/mol. The van der Waals surface area contributed by atoms with Crippen molar-refractivity contribution in [2.24, 2.45) is 5.92 Å². The van der Waals surface area contributed by atoms with Gasteiger partial charge in [0, 0.05) is 37.2 Å². The van der Waals surface area contributed by atoms with Crippen LogP contribution in [0, 0.1) is 12.8 Å². The summed E-state index contributed by atoms with van der Waals surface area (Å²) in [5, 5.41) is 1.24. The van der Waals surface area contributed by atoms with Gasteiger partial charge in [-0.2, -0.15) is 0 Å². The SMILES string of the molecule is Cc1cc(Cl)c(OCCOc2ccc(C3CCN(C(=O)OC(C)(C)C)CC3C(=O)N(Cc3cc(CN(CC(F)F)C(=O)OC(C)(C)C)ccc3Cl)C3CC3)cc2)c(Cl)c1. The molecule has 0 radical (unpaired) electrons. The number of rotatable bonds is 14. The minimum absolute atomic E-state index is 0.0421. The molecule has 3 amide bonds. The van der Waals surface area contributed by atoms with E-state index in [4.69, 9.17) is 53.8 Å². The number of amides is 3. The molecule has 10 nitrogen and oxygen atoms in total. The zero-order valence-corrected chi connectivity index (χ0v) is 36.9. The van der Waals surface area contributed by atoms with Crippen LogP contribution in [0.4, 0.5) is 18.4 Å². The number of ether oxygens (including phenoxy) is 4. The lowest BCUT2D eigenvalue weighted by Crippen LogP contribution is -2.51. The van der Waals surface area contributed by atoms with Crippen LogP contribution in [0.2, 0.25) is 15.1 Å². The summed E-state index contributed by atoms with van der Waals surface area (Å²) in [4.78, 5) is 45.5. The number of hydrogen-bond donors (Lipinski definition) is 0. The van der Waals surface area contributed by atoms with Crippen molar-refractivity contribution in [1.82, 2.24) is 14.7 Å². The highest BCUT2D eigenvalue weighted by Gasteiger charge is 2.43. The fraction of sp³-hybridized carbons (Fsp3) is 0.523. The molecule has 59 heavy (non-hydrogen) atoms. The highest BCUT2D eigenvalue weighted by atomic mass is 35.5. The molecule has 5 rings (SSSR count). The molecule has 0 N–H and O–H groups in total. The van der Waals surface area contributed by atoms with Gasteiger partial charge in [0.15, 0.2) is 5.75 Å². The number of benzene rings is 3. The Morgan fingerprint density at radius 1 is 0.814 bits per heavy atom. The van der Waals surface area contributed by atoms with E-state index in [-0.39, 0.29) is 50.7 Å². The van der Waals surface area contributed by atoms with Crippen molar-refractivity contribution in [2.45, 2.75) is 110 Å². The summed E-state index contributed by atoms with van der Waals surface area (Å²) in [6, 6.07) is 16.2. The van der Waals surface area contributed by atoms with Crippen molar-refractivity contribution in [3.63, 3.8) is 0 Å². The van der Waals surface area contributed by atoms with Crippen LogP contribution in [0.1, 0.15) is 89.0 Å². The summed E-state index contributed by atoms with van der Waals surface area (Å²) in [6.07, 6.45) is -2.00. The first-order chi connectivity index (χ1) is 27.7. The molecule has 1 aliphatic carbocycles. The van der Waals surface area contributed by atoms with E-state index in [0.717, 1.165) is 28.9 Å². The minimum Gasteiger partial charge on any atom is -0.490 e. The van der Waals surface area contributed by atoms with Crippen LogP contribution in [-0.2, 0) is 27.4 Å². The van der Waals surface area contributed by atoms with Crippen LogP contribution in [0.3, 0.4) is 0 Å². The number of carbonyl (C=O) groups is 3. The molecule has 2 aliphatic rings. The maximum Gasteiger partial charge on any atom is 0.410 e. The quantitative estimate of drug-likeness (QED) is 0.149. The number of halogens is 5. The van der Waals surface area contributed by atoms with Gasteiger partial charge in [0.2, 0.25) is 5.91 Å². The molecule has 2 unspecified atom stereocenters. The first-order valence-corrected chi connectivity index (χ1v) is 20.9. The summed E-state index contributed by atoms with van der Waals surface area (Å²) >= 11 is 19.3. The predicted octanol–water partition coefficient (Wildman–Crippen LogP) is 10.9. The lowest BCUT2D eigenvalue weighted by atomic mass is 9.79. The zero-order valence-electron chi connectivity index (χ0n) is 34.7. The number of carbonyl (C=O) groups excluding carboxylic acids is 3. The van der Waals surface area contributed by atoms with E-state index >= 15 is 0 Å². The number of hydrogen-bond acceptors (Lipinski definition) is 7. The molecule has 1 heterocycles. The van der Waals surface area contributed by atoms with Gasteiger partial charge in [0.25, 0.3) is 6.43 Å². The molecule has 0 aromatic heterocycles. The van der Waals surface area contributed by atoms with Crippen LogP contribution < -0.4 is 9.47 Å². The molecule has 2 atom stereocenters. The Morgan fingerprint density at radius 3 is 2.03 bits per heavy atom. The molecule has 3 aromatic rings. The average molecular weight is 881 g/mol. The van der Waals surface area contributed by atoms with E-state index in [1.54, 1.807) is 76.8 Å². The van der Waals surface area contributed by atoms with Crippen LogP contribution >= 0.6 is 34.8 Å². The van der Waals surface area contributed by atoms with E-state index in [9.17, 15) is 23.2 Å². The minimum atomic E-state index is -2.77. The van der Waals surface area contributed by atoms with E-state index in [0.29, 0.717) is 50.7 Å². The predicted molar refractivity (Wildman–Crippen MR) is 225 cm³/mol. The van der Waals surface area contributed by atoms with Gasteiger partial charge in [-0.1, -0.05) is 59.1 Å². The molecule has 15 heteroatoms. The third-order valence-electron chi connectivity index (χ3n) is 9.74. The standard InChI is InChI=1S/C44H54Cl3F2N3O7/c1-27-20-36(46)39(37(47)21-27)57-19-18-56-32-13-9-29(10-14-32)33-16-17-50(41(54)58-43(2,3)4)25-34(33)40(53)52(31-11-12-31)24-30-22-28(8-15-35(30)45)23-51(26-38(48)49)42(55)59-44(5,6)7/h8-10,13-15,20-22,31,33-34,38H,11-12,16-19,23-26H2,1-7H3. The van der Waals surface area contributed by atoms with Crippen molar-refractivity contribution < 1.29 is 42.1 Å². The Hall–Kier alpha value is -4.00. The molecule has 0 spiro atoms. The molecular formula is C44H54Cl3F2N3O7. The molecule has 3 aromatic carbocycles. The number of likely N-dealkylation sites (tertiary alicyclic amines) is 1. The molecular weight excluding hydrogens is 827 g/mol. The number of nitrogens with zero attached hydrogens (tertiary/aromatic N) is 3. The topological polar surface area (TPSA) is 97.8 Å². The molecule has 1 saturated heterocycles. The molecule has 1 aliphatic heterocycles. The van der Waals surface area contributed by atoms with Crippen LogP contribution in [0.25, 0.3) is 0 Å². The van der Waals surface area contributed by atoms with E-state index in [1.807, 2.05) is 36.1 Å². The third-order valence-corrected chi connectivity index (χ3v) is 10.7. The number of piperidine rings is 1. The highest BCUT2D eigenvalue weighted by molar-refractivity contribution is 6.37. The van der Waals surface area contributed by atoms with Gasteiger partial charge >= 0.3 is 12.2 Å². The fourth-order valence-corrected chi connectivity index (χ4v) is 7.85. The van der Waals surface area contributed by atoms with Crippen LogP contribution in [-0.4, -0.2) is 89.3 Å². The van der Waals surface area contributed by atoms with Gasteiger partial charge in [-0.05, 0) is 126 Å². The Balaban J connectivity index is 1.34. The van der Waals surface area contributed by atoms with Gasteiger partial charge in [-0.25, -0.2) is 18.4 Å². The normalized spacial score (nSPS) is 17.1. The van der Waals surface area contributed by atoms with E-state index < -0.39 is 42.3 Å². The van der Waals surface area contributed by atoms with Crippen molar-refractivity contribution in [3.8, 4) is 11.5 Å². The van der Waals surface area contributed by atoms with Gasteiger partial charge in [-0.15, -0.1) is 0 Å². The van der Waals surface area contributed by atoms with Crippen LogP contribution in [0.15, 0.2) is 54.6 Å². The Morgan fingerprint density at radius 2 is 1.44 bits per heavy atom. The second-order valence-electron chi connectivity index (χ2n) is 17.1. The van der Waals surface area contributed by atoms with E-state index in [1.165, 1.54) is 0 Å². The smallest absolute Gasteiger partial charge is 0.410 e. The first-order valence-electron chi connectivity index (χ1n) is 19.8. The van der Waals surface area contributed by atoms with Crippen molar-refractivity contribution >= 4 is 52.9 Å². The summed E-state index contributed by atoms with van der Waals surface area (Å²) in [5.74, 6) is 0.0313. The fourth-order valence-electron chi connectivity index (χ4n) is 6.97. The largest absolute Gasteiger partial charge is 0.490 e. The maximum atomic E-state index is 14.9. The zero-order chi connectivity index (χ0) is 43.2. The number of alkyl halides is 2. The molecule has 0 bridgehead atoms. The lowest BCUT2D eigenvalue weighted by molar-refractivity contribution is -0.139. The molecule has 2 fully saturated rings. The van der Waals surface area contributed by atoms with E-state index in [2.05, 4.69) is 0 Å². The Bertz CT molecular complexity index is 1930. The average Bonchev–Trinajstić information content (AvgIpc) is 3.98. The second-order valence-corrected chi connectivity index (χ2v) is 18.3. The third kappa shape index (κ3) is 13.5. The second kappa shape index (κ2) is 19.6. The van der Waals surface area contributed by atoms with Crippen molar-refractivity contribution in [1.29, 1.82) is 0 Å². The number of aryl methyl sites for hydroxylation is 1. The van der Waals surface area contributed by atoms with Crippen molar-refractivity contribution in [2.75, 3.05) is 32.8 Å². The summed E-state index contributed by atoms with van der Waals surface area (Å²) in [5.41, 5.74) is 1.42. The highest BCUT2D eigenvalue weighted by Crippen LogP contribution is 2.40. The van der Waals surface area contributed by atoms with Gasteiger partial charge in [-0.3, -0.25) is 9.69 Å².